The van der Waals surface area contributed by atoms with Gasteiger partial charge < -0.3 is 14.6 Å². The van der Waals surface area contributed by atoms with Crippen molar-refractivity contribution in [1.82, 2.24) is 19.7 Å². The summed E-state index contributed by atoms with van der Waals surface area (Å²) in [7, 11) is 2.20. The van der Waals surface area contributed by atoms with Gasteiger partial charge in [-0.1, -0.05) is 0 Å². The van der Waals surface area contributed by atoms with Crippen LogP contribution in [0.5, 0.6) is 0 Å². The molecule has 3 heterocycles. The van der Waals surface area contributed by atoms with Gasteiger partial charge in [-0.05, 0) is 39.3 Å². The zero-order chi connectivity index (χ0) is 12.5. The Morgan fingerprint density at radius 1 is 1.22 bits per heavy atom. The molecule has 2 atom stereocenters. The molecule has 2 aliphatic rings. The van der Waals surface area contributed by atoms with Crippen molar-refractivity contribution < 1.29 is 5.11 Å². The van der Waals surface area contributed by atoms with Crippen molar-refractivity contribution in [2.45, 2.75) is 50.6 Å². The molecule has 0 spiro atoms. The van der Waals surface area contributed by atoms with Gasteiger partial charge in [0.15, 0.2) is 0 Å². The second-order valence-electron chi connectivity index (χ2n) is 5.63. The Morgan fingerprint density at radius 3 is 2.78 bits per heavy atom. The fourth-order valence-electron chi connectivity index (χ4n) is 3.29. The van der Waals surface area contributed by atoms with E-state index in [9.17, 15) is 5.11 Å². The minimum Gasteiger partial charge on any atom is -0.396 e. The van der Waals surface area contributed by atoms with Gasteiger partial charge in [0.05, 0.1) is 6.61 Å². The first-order valence-corrected chi connectivity index (χ1v) is 7.02. The highest BCUT2D eigenvalue weighted by Crippen LogP contribution is 2.27. The van der Waals surface area contributed by atoms with Gasteiger partial charge in [-0.25, -0.2) is 0 Å². The van der Waals surface area contributed by atoms with Gasteiger partial charge in [-0.3, -0.25) is 0 Å². The monoisotopic (exact) mass is 250 g/mol. The number of likely N-dealkylation sites (N-methyl/N-ethyl adjacent to an activating group) is 1. The maximum atomic E-state index is 9.38. The predicted molar refractivity (Wildman–Crippen MR) is 68.4 cm³/mol. The van der Waals surface area contributed by atoms with Crippen LogP contribution in [0, 0.1) is 0 Å². The fourth-order valence-corrected chi connectivity index (χ4v) is 3.29. The number of fused-ring (bicyclic) bond motifs is 1. The predicted octanol–water partition coefficient (Wildman–Crippen LogP) is 0.784. The fraction of sp³-hybridized carbons (Fsp3) is 0.846. The topological polar surface area (TPSA) is 54.2 Å². The molecule has 0 saturated carbocycles. The maximum Gasteiger partial charge on any atom is 0.138 e. The Hall–Kier alpha value is -0.940. The van der Waals surface area contributed by atoms with Crippen molar-refractivity contribution in [3.05, 3.63) is 11.6 Å². The number of nitrogens with zero attached hydrogens (tertiary/aromatic N) is 4. The van der Waals surface area contributed by atoms with Crippen LogP contribution < -0.4 is 0 Å². The van der Waals surface area contributed by atoms with E-state index in [0.717, 1.165) is 37.5 Å². The van der Waals surface area contributed by atoms with Gasteiger partial charge in [0.1, 0.15) is 11.6 Å². The average Bonchev–Trinajstić information content (AvgIpc) is 2.97. The highest BCUT2D eigenvalue weighted by Gasteiger charge is 2.28. The van der Waals surface area contributed by atoms with E-state index in [4.69, 9.17) is 0 Å². The number of hydrogen-bond donors (Lipinski definition) is 1. The molecular formula is C13H22N4O. The minimum atomic E-state index is 0.196. The number of aliphatic hydroxyl groups is 1. The molecule has 1 aromatic heterocycles. The van der Waals surface area contributed by atoms with Crippen molar-refractivity contribution in [3.63, 3.8) is 0 Å². The van der Waals surface area contributed by atoms with Crippen molar-refractivity contribution in [1.29, 1.82) is 0 Å². The molecule has 3 rings (SSSR count). The molecule has 1 saturated heterocycles. The van der Waals surface area contributed by atoms with Crippen molar-refractivity contribution in [2.24, 2.45) is 0 Å². The lowest BCUT2D eigenvalue weighted by Crippen LogP contribution is -2.29. The van der Waals surface area contributed by atoms with E-state index in [1.165, 1.54) is 19.4 Å². The third-order valence-electron chi connectivity index (χ3n) is 4.47. The van der Waals surface area contributed by atoms with Crippen LogP contribution in [0.4, 0.5) is 0 Å². The summed E-state index contributed by atoms with van der Waals surface area (Å²) < 4.78 is 2.25. The Labute approximate surface area is 108 Å². The number of aliphatic hydroxyl groups excluding tert-OH is 1. The zero-order valence-electron chi connectivity index (χ0n) is 11.0. The summed E-state index contributed by atoms with van der Waals surface area (Å²) in [6.45, 7) is 2.41. The average molecular weight is 250 g/mol. The number of hydrogen-bond acceptors (Lipinski definition) is 4. The van der Waals surface area contributed by atoms with Gasteiger partial charge in [0.2, 0.25) is 0 Å². The summed E-state index contributed by atoms with van der Waals surface area (Å²) in [5.41, 5.74) is 0. The lowest BCUT2D eigenvalue weighted by atomic mass is 9.99. The first kappa shape index (κ1) is 12.1. The molecule has 100 valence electrons. The molecule has 1 fully saturated rings. The second kappa shape index (κ2) is 4.97. The highest BCUT2D eigenvalue weighted by atomic mass is 16.3. The molecule has 18 heavy (non-hydrogen) atoms. The lowest BCUT2D eigenvalue weighted by Gasteiger charge is -2.23. The highest BCUT2D eigenvalue weighted by molar-refractivity contribution is 5.06. The molecule has 0 bridgehead atoms. The van der Waals surface area contributed by atoms with E-state index < -0.39 is 0 Å². The van der Waals surface area contributed by atoms with Crippen LogP contribution in [0.1, 0.15) is 43.3 Å². The van der Waals surface area contributed by atoms with E-state index in [1.54, 1.807) is 0 Å². The van der Waals surface area contributed by atoms with Crippen LogP contribution in [0.25, 0.3) is 0 Å². The molecule has 1 aromatic rings. The van der Waals surface area contributed by atoms with Gasteiger partial charge in [-0.2, -0.15) is 0 Å². The third-order valence-corrected chi connectivity index (χ3v) is 4.47. The van der Waals surface area contributed by atoms with E-state index in [2.05, 4.69) is 26.7 Å². The van der Waals surface area contributed by atoms with E-state index in [0.29, 0.717) is 6.04 Å². The first-order chi connectivity index (χ1) is 8.79. The van der Waals surface area contributed by atoms with Crippen molar-refractivity contribution in [3.8, 4) is 0 Å². The first-order valence-electron chi connectivity index (χ1n) is 7.02. The Balaban J connectivity index is 1.79. The molecule has 0 aromatic carbocycles. The van der Waals surface area contributed by atoms with E-state index in [-0.39, 0.29) is 12.5 Å². The van der Waals surface area contributed by atoms with Crippen LogP contribution in [-0.4, -0.2) is 51.0 Å². The smallest absolute Gasteiger partial charge is 0.138 e. The molecular weight excluding hydrogens is 228 g/mol. The van der Waals surface area contributed by atoms with Gasteiger partial charge in [0.25, 0.3) is 0 Å². The minimum absolute atomic E-state index is 0.196. The summed E-state index contributed by atoms with van der Waals surface area (Å²) in [5, 5.41) is 18.1. The van der Waals surface area contributed by atoms with Gasteiger partial charge >= 0.3 is 0 Å². The normalized spacial score (nSPS) is 28.6. The van der Waals surface area contributed by atoms with Crippen LogP contribution in [0.3, 0.4) is 0 Å². The van der Waals surface area contributed by atoms with Crippen LogP contribution >= 0.6 is 0 Å². The van der Waals surface area contributed by atoms with Crippen molar-refractivity contribution >= 4 is 0 Å². The lowest BCUT2D eigenvalue weighted by molar-refractivity contribution is 0.236. The summed E-state index contributed by atoms with van der Waals surface area (Å²) in [6.07, 6.45) is 5.73. The quantitative estimate of drug-likeness (QED) is 0.861. The Kier molecular flexibility index (Phi) is 3.35. The maximum absolute atomic E-state index is 9.38. The Bertz CT molecular complexity index is 417. The SMILES string of the molecule is CN1CCCC1Cc1nnc2n1CCCC2CO. The summed E-state index contributed by atoms with van der Waals surface area (Å²) in [4.78, 5) is 2.42. The molecule has 2 aliphatic heterocycles. The van der Waals surface area contributed by atoms with Crippen LogP contribution in [-0.2, 0) is 13.0 Å². The van der Waals surface area contributed by atoms with Crippen molar-refractivity contribution in [2.75, 3.05) is 20.2 Å². The molecule has 5 nitrogen and oxygen atoms in total. The molecule has 0 amide bonds. The largest absolute Gasteiger partial charge is 0.396 e. The number of aromatic nitrogens is 3. The van der Waals surface area contributed by atoms with Gasteiger partial charge in [0, 0.05) is 24.9 Å². The standard InChI is InChI=1S/C13H22N4O/c1-16-6-3-5-11(16)8-12-14-15-13-10(9-18)4-2-7-17(12)13/h10-11,18H,2-9H2,1H3. The third kappa shape index (κ3) is 2.06. The van der Waals surface area contributed by atoms with E-state index >= 15 is 0 Å². The van der Waals surface area contributed by atoms with Gasteiger partial charge in [-0.15, -0.1) is 10.2 Å². The molecule has 1 N–H and O–H groups in total. The van der Waals surface area contributed by atoms with E-state index in [1.807, 2.05) is 0 Å². The Morgan fingerprint density at radius 2 is 2.06 bits per heavy atom. The summed E-state index contributed by atoms with van der Waals surface area (Å²) >= 11 is 0. The molecule has 5 heteroatoms. The molecule has 0 aliphatic carbocycles. The zero-order valence-corrected chi connectivity index (χ0v) is 11.0. The second-order valence-corrected chi connectivity index (χ2v) is 5.63. The molecule has 2 unspecified atom stereocenters. The van der Waals surface area contributed by atoms with Crippen LogP contribution in [0.15, 0.2) is 0 Å². The number of likely N-dealkylation sites (tertiary alicyclic amines) is 1. The van der Waals surface area contributed by atoms with Crippen LogP contribution in [0.2, 0.25) is 0 Å². The summed E-state index contributed by atoms with van der Waals surface area (Å²) in [5.74, 6) is 2.31. The summed E-state index contributed by atoms with van der Waals surface area (Å²) in [6, 6.07) is 0.618. The number of rotatable bonds is 3. The molecule has 0 radical (unpaired) electrons.